The van der Waals surface area contributed by atoms with Gasteiger partial charge in [0.1, 0.15) is 22.8 Å². The van der Waals surface area contributed by atoms with Gasteiger partial charge < -0.3 is 29.1 Å². The topological polar surface area (TPSA) is 134 Å². The average Bonchev–Trinajstić information content (AvgIpc) is 3.71. The van der Waals surface area contributed by atoms with Gasteiger partial charge in [-0.25, -0.2) is 12.8 Å². The van der Waals surface area contributed by atoms with Crippen molar-refractivity contribution in [3.63, 3.8) is 0 Å². The lowest BCUT2D eigenvalue weighted by Crippen LogP contribution is -2.29. The van der Waals surface area contributed by atoms with Crippen molar-refractivity contribution in [2.45, 2.75) is 17.7 Å². The van der Waals surface area contributed by atoms with E-state index in [-0.39, 0.29) is 33.2 Å². The molecule has 0 unspecified atom stereocenters. The van der Waals surface area contributed by atoms with E-state index in [1.165, 1.54) is 63.5 Å². The highest BCUT2D eigenvalue weighted by Gasteiger charge is 2.29. The maximum atomic E-state index is 15.3. The number of aryl methyl sites for hydroxylation is 1. The second-order valence-corrected chi connectivity index (χ2v) is 12.2. The fraction of sp³-hybridized carbons (Fsp3) is 0.167. The lowest BCUT2D eigenvalue weighted by Gasteiger charge is -2.19. The molecule has 220 valence electrons. The first-order valence-electron chi connectivity index (χ1n) is 13.5. The molecule has 13 heteroatoms. The third-order valence-corrected chi connectivity index (χ3v) is 9.27. The van der Waals surface area contributed by atoms with Crippen molar-refractivity contribution in [1.82, 2.24) is 13.9 Å². The van der Waals surface area contributed by atoms with E-state index in [1.807, 2.05) is 0 Å². The average molecular weight is 603 g/mol. The highest BCUT2D eigenvalue weighted by molar-refractivity contribution is 7.89. The molecule has 1 aliphatic rings. The van der Waals surface area contributed by atoms with E-state index in [9.17, 15) is 23.3 Å². The van der Waals surface area contributed by atoms with Crippen molar-refractivity contribution >= 4 is 33.5 Å². The van der Waals surface area contributed by atoms with Crippen molar-refractivity contribution in [3.05, 3.63) is 95.3 Å². The number of nitrogens with zero attached hydrogens (tertiary/aromatic N) is 2. The Bertz CT molecular complexity index is 1990. The predicted octanol–water partition coefficient (Wildman–Crippen LogP) is 3.72. The summed E-state index contributed by atoms with van der Waals surface area (Å²) in [5, 5.41) is 19.1. The van der Waals surface area contributed by atoms with Crippen LogP contribution in [0.3, 0.4) is 0 Å². The van der Waals surface area contributed by atoms with Crippen molar-refractivity contribution in [3.8, 4) is 34.1 Å². The van der Waals surface area contributed by atoms with Crippen molar-refractivity contribution in [1.29, 1.82) is 0 Å². The standard InChI is InChI=1S/C30H27BFN3O7S/c1-34-18-25(23-12-13-33-29(23)30(34)36)24-17-22(43(39,40)35-14-2-3-15-35)9-11-27(24)42-28-10-8-21(16-26(28)32)41-20-6-4-19(5-7-20)31(37)38/h4-13,16-18,33,37-38H,2-3,14-15H2,1H3. The molecule has 1 aliphatic heterocycles. The molecule has 43 heavy (non-hydrogen) atoms. The van der Waals surface area contributed by atoms with Crippen LogP contribution in [0.1, 0.15) is 12.8 Å². The van der Waals surface area contributed by atoms with Gasteiger partial charge in [-0.3, -0.25) is 4.79 Å². The van der Waals surface area contributed by atoms with E-state index in [2.05, 4.69) is 4.98 Å². The summed E-state index contributed by atoms with van der Waals surface area (Å²) in [7, 11) is -3.81. The molecule has 0 aliphatic carbocycles. The first-order chi connectivity index (χ1) is 20.6. The minimum absolute atomic E-state index is 0.0678. The van der Waals surface area contributed by atoms with Crippen molar-refractivity contribution in [2.24, 2.45) is 7.05 Å². The van der Waals surface area contributed by atoms with Gasteiger partial charge in [0.15, 0.2) is 11.6 Å². The molecule has 3 N–H and O–H groups in total. The van der Waals surface area contributed by atoms with Gasteiger partial charge in [-0.15, -0.1) is 0 Å². The molecule has 3 aromatic carbocycles. The number of pyridine rings is 1. The molecule has 1 fully saturated rings. The van der Waals surface area contributed by atoms with Gasteiger partial charge in [0.2, 0.25) is 10.0 Å². The van der Waals surface area contributed by atoms with Gasteiger partial charge in [0.05, 0.1) is 4.90 Å². The van der Waals surface area contributed by atoms with E-state index in [4.69, 9.17) is 9.47 Å². The van der Waals surface area contributed by atoms with Gasteiger partial charge >= 0.3 is 7.12 Å². The zero-order chi connectivity index (χ0) is 30.3. The third-order valence-electron chi connectivity index (χ3n) is 7.38. The van der Waals surface area contributed by atoms with Crippen LogP contribution in [0.25, 0.3) is 22.0 Å². The molecule has 6 rings (SSSR count). The zero-order valence-electron chi connectivity index (χ0n) is 23.0. The van der Waals surface area contributed by atoms with Gasteiger partial charge in [-0.05, 0) is 66.8 Å². The molecule has 0 amide bonds. The van der Waals surface area contributed by atoms with Crippen molar-refractivity contribution < 1.29 is 32.3 Å². The summed E-state index contributed by atoms with van der Waals surface area (Å²) in [5.74, 6) is -0.127. The molecule has 1 saturated heterocycles. The Hall–Kier alpha value is -4.43. The third kappa shape index (κ3) is 5.55. The largest absolute Gasteiger partial charge is 0.488 e. The maximum Gasteiger partial charge on any atom is 0.488 e. The van der Waals surface area contributed by atoms with Gasteiger partial charge in [-0.2, -0.15) is 4.31 Å². The van der Waals surface area contributed by atoms with Crippen LogP contribution in [-0.4, -0.2) is 52.5 Å². The van der Waals surface area contributed by atoms with Crippen LogP contribution in [0.2, 0.25) is 0 Å². The molecule has 0 bridgehead atoms. The first kappa shape index (κ1) is 28.7. The molecule has 0 spiro atoms. The second-order valence-electron chi connectivity index (χ2n) is 10.2. The van der Waals surface area contributed by atoms with Crippen LogP contribution in [0, 0.1) is 5.82 Å². The number of aromatic nitrogens is 2. The van der Waals surface area contributed by atoms with Crippen LogP contribution in [0.5, 0.6) is 23.0 Å². The fourth-order valence-corrected chi connectivity index (χ4v) is 6.66. The number of hydrogen-bond acceptors (Lipinski definition) is 7. The van der Waals surface area contributed by atoms with E-state index in [0.29, 0.717) is 40.9 Å². The number of fused-ring (bicyclic) bond motifs is 1. The molecule has 3 heterocycles. The zero-order valence-corrected chi connectivity index (χ0v) is 23.8. The smallest absolute Gasteiger partial charge is 0.457 e. The van der Waals surface area contributed by atoms with E-state index >= 15 is 4.39 Å². The quantitative estimate of drug-likeness (QED) is 0.230. The number of ether oxygens (including phenoxy) is 2. The molecule has 0 saturated carbocycles. The number of halogens is 1. The number of benzene rings is 3. The van der Waals surface area contributed by atoms with Crippen LogP contribution >= 0.6 is 0 Å². The van der Waals surface area contributed by atoms with Gasteiger partial charge in [0.25, 0.3) is 5.56 Å². The SMILES string of the molecule is Cn1cc(-c2cc(S(=O)(=O)N3CCCC3)ccc2Oc2ccc(Oc3ccc(B(O)O)cc3)cc2F)c2cc[nH]c2c1=O. The van der Waals surface area contributed by atoms with E-state index < -0.39 is 23.0 Å². The lowest BCUT2D eigenvalue weighted by atomic mass is 9.80. The number of nitrogens with one attached hydrogen (secondary N) is 1. The summed E-state index contributed by atoms with van der Waals surface area (Å²) in [4.78, 5) is 15.7. The predicted molar refractivity (Wildman–Crippen MR) is 160 cm³/mol. The van der Waals surface area contributed by atoms with E-state index in [1.54, 1.807) is 25.5 Å². The minimum Gasteiger partial charge on any atom is -0.457 e. The molecule has 5 aromatic rings. The highest BCUT2D eigenvalue weighted by Crippen LogP contribution is 2.40. The number of H-pyrrole nitrogens is 1. The minimum atomic E-state index is -3.79. The normalized spacial score (nSPS) is 13.9. The van der Waals surface area contributed by atoms with Gasteiger partial charge in [-0.1, -0.05) is 12.1 Å². The number of aromatic amines is 1. The van der Waals surface area contributed by atoms with Crippen molar-refractivity contribution in [2.75, 3.05) is 13.1 Å². The summed E-state index contributed by atoms with van der Waals surface area (Å²) in [5.41, 5.74) is 1.27. The summed E-state index contributed by atoms with van der Waals surface area (Å²) < 4.78 is 56.8. The van der Waals surface area contributed by atoms with Crippen LogP contribution in [0.15, 0.2) is 88.8 Å². The monoisotopic (exact) mass is 603 g/mol. The number of sulfonamides is 1. The Labute approximate surface area is 246 Å². The maximum absolute atomic E-state index is 15.3. The Morgan fingerprint density at radius 2 is 1.58 bits per heavy atom. The van der Waals surface area contributed by atoms with E-state index in [0.717, 1.165) is 18.9 Å². The number of rotatable bonds is 8. The fourth-order valence-electron chi connectivity index (χ4n) is 5.12. The number of hydrogen-bond donors (Lipinski definition) is 3. The summed E-state index contributed by atoms with van der Waals surface area (Å²) in [6, 6.07) is 16.2. The van der Waals surface area contributed by atoms with Gasteiger partial charge in [0, 0.05) is 55.1 Å². The Morgan fingerprint density at radius 3 is 2.28 bits per heavy atom. The Balaban J connectivity index is 1.38. The summed E-state index contributed by atoms with van der Waals surface area (Å²) in [6.07, 6.45) is 4.79. The van der Waals surface area contributed by atoms with Crippen LogP contribution in [0.4, 0.5) is 4.39 Å². The molecular weight excluding hydrogens is 576 g/mol. The van der Waals surface area contributed by atoms with Crippen LogP contribution < -0.4 is 20.5 Å². The Kier molecular flexibility index (Phi) is 7.56. The second kappa shape index (κ2) is 11.3. The Morgan fingerprint density at radius 1 is 0.884 bits per heavy atom. The summed E-state index contributed by atoms with van der Waals surface area (Å²) in [6.45, 7) is 0.871. The lowest BCUT2D eigenvalue weighted by molar-refractivity contribution is 0.425. The highest BCUT2D eigenvalue weighted by atomic mass is 32.2. The van der Waals surface area contributed by atoms with Crippen LogP contribution in [-0.2, 0) is 17.1 Å². The molecule has 0 radical (unpaired) electrons. The molecule has 0 atom stereocenters. The summed E-state index contributed by atoms with van der Waals surface area (Å²) >= 11 is 0. The first-order valence-corrected chi connectivity index (χ1v) is 15.0. The molecule has 10 nitrogen and oxygen atoms in total. The molecule has 2 aromatic heterocycles. The molecular formula is C30H27BFN3O7S.